The fraction of sp³-hybridized carbons (Fsp3) is 0.431. The Kier molecular flexibility index (Phi) is 26.3. The number of likely N-dealkylation sites (tertiary alicyclic amines) is 1. The summed E-state index contributed by atoms with van der Waals surface area (Å²) in [7, 11) is 0. The first-order valence-electron chi connectivity index (χ1n) is 28.1. The van der Waals surface area contributed by atoms with Crippen LogP contribution in [-0.2, 0) is 81.6 Å². The Labute approximate surface area is 498 Å². The number of carbonyl (C=O) groups is 13. The Morgan fingerprint density at radius 1 is 0.586 bits per heavy atom. The van der Waals surface area contributed by atoms with Gasteiger partial charge in [-0.25, -0.2) is 0 Å². The van der Waals surface area contributed by atoms with E-state index in [1.54, 1.807) is 60.8 Å². The zero-order valence-electron chi connectivity index (χ0n) is 47.4. The molecule has 1 aliphatic rings. The number of carbonyl (C=O) groups excluding carboxylic acids is 10. The van der Waals surface area contributed by atoms with E-state index >= 15 is 0 Å². The quantitative estimate of drug-likeness (QED) is 0.0173. The van der Waals surface area contributed by atoms with Gasteiger partial charge in [0.15, 0.2) is 0 Å². The second-order valence-corrected chi connectivity index (χ2v) is 21.0. The summed E-state index contributed by atoms with van der Waals surface area (Å²) in [6.07, 6.45) is -1.57. The van der Waals surface area contributed by atoms with E-state index in [1.165, 1.54) is 24.3 Å². The number of amides is 9. The summed E-state index contributed by atoms with van der Waals surface area (Å²) in [5.41, 5.74) is 18.8. The molecule has 1 fully saturated rings. The molecule has 1 aliphatic heterocycles. The van der Waals surface area contributed by atoms with Crippen LogP contribution < -0.4 is 54.4 Å². The molecule has 0 spiro atoms. The number of aromatic nitrogens is 1. The molecule has 0 radical (unpaired) electrons. The SMILES string of the molecule is NCCCC[C@H](NC(=O)[C@H](CC(=O)O)NC(=O)[C@@H](N)CC(N)=O)C(=O)N[C@@H](Cc1ccc(O)cc1)C(=O)N[C@@H](CCC(=O)O)C(=O)N1CCC[C@H]1C(=O)N[C@@H](Cc1ccccc1)C(=O)N[C@@H](Cc1c[nH]c2ccccc12)C(=O)N[C@H](C=O)CCC(=O)O. The van der Waals surface area contributed by atoms with Crippen molar-refractivity contribution in [2.24, 2.45) is 17.2 Å². The number of fused-ring (bicyclic) bond motifs is 1. The van der Waals surface area contributed by atoms with Gasteiger partial charge in [0.25, 0.3) is 0 Å². The van der Waals surface area contributed by atoms with Crippen LogP contribution in [0.5, 0.6) is 5.75 Å². The first-order chi connectivity index (χ1) is 41.5. The Morgan fingerprint density at radius 2 is 1.13 bits per heavy atom. The number of hydrogen-bond acceptors (Lipinski definition) is 16. The van der Waals surface area contributed by atoms with E-state index in [2.05, 4.69) is 42.2 Å². The number of primary amides is 1. The van der Waals surface area contributed by atoms with E-state index in [0.29, 0.717) is 40.3 Å². The average molecular weight is 1210 g/mol. The topological polar surface area (TPSA) is 484 Å². The molecule has 5 rings (SSSR count). The number of phenolic OH excluding ortho intramolecular Hbond substituents is 1. The van der Waals surface area contributed by atoms with Crippen LogP contribution in [0.25, 0.3) is 10.9 Å². The van der Waals surface area contributed by atoms with Gasteiger partial charge in [-0.2, -0.15) is 0 Å². The lowest BCUT2D eigenvalue weighted by Crippen LogP contribution is -2.60. The minimum Gasteiger partial charge on any atom is -0.508 e. The van der Waals surface area contributed by atoms with Crippen molar-refractivity contribution in [1.82, 2.24) is 47.1 Å². The van der Waals surface area contributed by atoms with Crippen molar-refractivity contribution >= 4 is 88.3 Å². The van der Waals surface area contributed by atoms with Crippen molar-refractivity contribution in [2.75, 3.05) is 13.1 Å². The average Bonchev–Trinajstić information content (AvgIpc) is 2.34. The maximum Gasteiger partial charge on any atom is 0.305 e. The second kappa shape index (κ2) is 33.6. The highest BCUT2D eigenvalue weighted by Crippen LogP contribution is 2.23. The third-order valence-corrected chi connectivity index (χ3v) is 14.3. The highest BCUT2D eigenvalue weighted by Gasteiger charge is 2.41. The van der Waals surface area contributed by atoms with E-state index in [-0.39, 0.29) is 70.2 Å². The van der Waals surface area contributed by atoms with E-state index in [4.69, 9.17) is 17.2 Å². The lowest BCUT2D eigenvalue weighted by atomic mass is 10.0. The predicted molar refractivity (Wildman–Crippen MR) is 309 cm³/mol. The zero-order valence-corrected chi connectivity index (χ0v) is 47.4. The second-order valence-electron chi connectivity index (χ2n) is 21.0. The molecular formula is C58H74N12O17. The van der Waals surface area contributed by atoms with Gasteiger partial charge in [0.05, 0.1) is 24.9 Å². The molecule has 468 valence electrons. The number of benzene rings is 3. The third kappa shape index (κ3) is 21.7. The van der Waals surface area contributed by atoms with Crippen LogP contribution in [0, 0.1) is 0 Å². The lowest BCUT2D eigenvalue weighted by molar-refractivity contribution is -0.143. The summed E-state index contributed by atoms with van der Waals surface area (Å²) < 4.78 is 0. The largest absolute Gasteiger partial charge is 0.508 e. The molecule has 29 nitrogen and oxygen atoms in total. The summed E-state index contributed by atoms with van der Waals surface area (Å²) >= 11 is 0. The number of hydrogen-bond donors (Lipinski definition) is 15. The fourth-order valence-electron chi connectivity index (χ4n) is 9.72. The first-order valence-corrected chi connectivity index (χ1v) is 28.1. The van der Waals surface area contributed by atoms with Crippen LogP contribution in [0.2, 0.25) is 0 Å². The molecule has 4 aromatic rings. The lowest BCUT2D eigenvalue weighted by Gasteiger charge is -2.31. The Balaban J connectivity index is 1.42. The number of H-pyrrole nitrogens is 1. The molecule has 2 heterocycles. The number of aldehydes is 1. The normalized spacial score (nSPS) is 15.6. The number of phenols is 1. The summed E-state index contributed by atoms with van der Waals surface area (Å²) in [6, 6.07) is 7.37. The van der Waals surface area contributed by atoms with Crippen molar-refractivity contribution in [3.05, 3.63) is 102 Å². The molecule has 9 atom stereocenters. The Morgan fingerprint density at radius 3 is 1.75 bits per heavy atom. The first kappa shape index (κ1) is 68.0. The number of aromatic hydroxyl groups is 1. The maximum absolute atomic E-state index is 14.8. The van der Waals surface area contributed by atoms with Gasteiger partial charge in [-0.15, -0.1) is 0 Å². The summed E-state index contributed by atoms with van der Waals surface area (Å²) in [4.78, 5) is 176. The number of carboxylic acids is 3. The Bertz CT molecular complexity index is 3110. The molecule has 0 aliphatic carbocycles. The molecule has 87 heavy (non-hydrogen) atoms. The summed E-state index contributed by atoms with van der Waals surface area (Å²) in [6.45, 7) is 0.0629. The van der Waals surface area contributed by atoms with Gasteiger partial charge in [-0.05, 0) is 86.4 Å². The number of para-hydroxylation sites is 1. The number of aliphatic carboxylic acids is 3. The van der Waals surface area contributed by atoms with Gasteiger partial charge in [0.1, 0.15) is 54.3 Å². The molecule has 1 aromatic heterocycles. The van der Waals surface area contributed by atoms with Crippen molar-refractivity contribution in [2.45, 2.75) is 144 Å². The molecule has 1 saturated heterocycles. The van der Waals surface area contributed by atoms with Crippen molar-refractivity contribution < 1.29 is 82.8 Å². The number of nitrogens with one attached hydrogen (secondary N) is 8. The number of unbranched alkanes of at least 4 members (excludes halogenated alkanes) is 1. The predicted octanol–water partition coefficient (Wildman–Crippen LogP) is -1.98. The van der Waals surface area contributed by atoms with Crippen LogP contribution in [0.15, 0.2) is 85.1 Å². The van der Waals surface area contributed by atoms with Gasteiger partial charge in [-0.3, -0.25) is 57.5 Å². The number of rotatable bonds is 36. The van der Waals surface area contributed by atoms with E-state index in [0.717, 1.165) is 4.90 Å². The molecule has 9 amide bonds. The van der Waals surface area contributed by atoms with E-state index in [1.807, 2.05) is 0 Å². The standard InChI is InChI=1S/C58H74N12O17/c59-23-7-6-13-40(64-56(85)45(29-50(78)79)66-51(80)38(60)28-47(61)73)52(81)67-42(26-33-15-18-36(72)19-16-33)54(83)65-41(20-22-49(76)77)58(87)70-24-8-14-46(70)57(86)69-43(25-32-9-2-1-3-10-32)55(84)68-44(53(82)63-35(31-71)17-21-48(74)75)27-34-30-62-39-12-5-4-11-37(34)39/h1-5,9-12,15-16,18-19,30-31,35,38,40-46,62,72H,6-8,13-14,17,20-29,59-60H2,(H2,61,73)(H,63,82)(H,64,85)(H,65,83)(H,66,80)(H,67,81)(H,68,84)(H,69,86)(H,74,75)(H,76,77)(H,78,79)/t35-,38-,40-,41-,42-,43-,44-,45-,46-/m0/s1. The Hall–Kier alpha value is -9.77. The summed E-state index contributed by atoms with van der Waals surface area (Å²) in [5.74, 6) is -13.1. The van der Waals surface area contributed by atoms with E-state index < -0.39 is 158 Å². The van der Waals surface area contributed by atoms with Crippen LogP contribution in [0.3, 0.4) is 0 Å². The van der Waals surface area contributed by atoms with Gasteiger partial charge < -0.3 is 89.5 Å². The van der Waals surface area contributed by atoms with Gasteiger partial charge in [0, 0.05) is 55.7 Å². The minimum absolute atomic E-state index is 0.0276. The molecule has 0 unspecified atom stereocenters. The number of nitrogens with zero attached hydrogens (tertiary/aromatic N) is 1. The van der Waals surface area contributed by atoms with Crippen LogP contribution in [-0.4, -0.2) is 175 Å². The smallest absolute Gasteiger partial charge is 0.305 e. The zero-order chi connectivity index (χ0) is 63.7. The number of nitrogens with two attached hydrogens (primary N) is 3. The van der Waals surface area contributed by atoms with Crippen molar-refractivity contribution in [3.8, 4) is 5.75 Å². The molecule has 0 saturated carbocycles. The number of carboxylic acid groups (broad SMARTS) is 3. The van der Waals surface area contributed by atoms with Crippen LogP contribution in [0.1, 0.15) is 87.3 Å². The van der Waals surface area contributed by atoms with Gasteiger partial charge in [-0.1, -0.05) is 60.7 Å². The van der Waals surface area contributed by atoms with E-state index in [9.17, 15) is 82.8 Å². The van der Waals surface area contributed by atoms with Crippen LogP contribution in [0.4, 0.5) is 0 Å². The highest BCUT2D eigenvalue weighted by molar-refractivity contribution is 5.99. The monoisotopic (exact) mass is 1210 g/mol. The molecular weight excluding hydrogens is 1140 g/mol. The van der Waals surface area contributed by atoms with Gasteiger partial charge in [0.2, 0.25) is 53.2 Å². The summed E-state index contributed by atoms with van der Waals surface area (Å²) in [5, 5.41) is 57.0. The maximum atomic E-state index is 14.8. The molecule has 18 N–H and O–H groups in total. The van der Waals surface area contributed by atoms with Crippen molar-refractivity contribution in [3.63, 3.8) is 0 Å². The van der Waals surface area contributed by atoms with Crippen molar-refractivity contribution in [1.29, 1.82) is 0 Å². The molecule has 3 aromatic carbocycles. The fourth-order valence-corrected chi connectivity index (χ4v) is 9.72. The number of aromatic amines is 1. The minimum atomic E-state index is -1.84. The highest BCUT2D eigenvalue weighted by atomic mass is 16.4. The molecule has 29 heteroatoms. The van der Waals surface area contributed by atoms with Gasteiger partial charge >= 0.3 is 17.9 Å². The third-order valence-electron chi connectivity index (χ3n) is 14.3. The molecule has 0 bridgehead atoms. The van der Waals surface area contributed by atoms with Crippen LogP contribution >= 0.6 is 0 Å².